The summed E-state index contributed by atoms with van der Waals surface area (Å²) in [5.74, 6) is -0.0709. The summed E-state index contributed by atoms with van der Waals surface area (Å²) in [6.07, 6.45) is 1.14. The highest BCUT2D eigenvalue weighted by Crippen LogP contribution is 2.28. The van der Waals surface area contributed by atoms with E-state index in [9.17, 15) is 13.2 Å². The van der Waals surface area contributed by atoms with Gasteiger partial charge in [-0.05, 0) is 35.9 Å². The molecule has 11 nitrogen and oxygen atoms in total. The highest BCUT2D eigenvalue weighted by atomic mass is 32.2. The van der Waals surface area contributed by atoms with Gasteiger partial charge in [0.25, 0.3) is 15.6 Å². The third kappa shape index (κ3) is 4.73. The molecular formula is C24H24N6O5S. The van der Waals surface area contributed by atoms with Crippen molar-refractivity contribution in [1.82, 2.24) is 14.5 Å². The SMILES string of the molecule is Nc1ncc(-c2ccc3nc(N)n(CC4COCCO4)c(=O)c3c2)cc1S(=O)(=O)Nc1ccccc1. The Morgan fingerprint density at radius 3 is 2.61 bits per heavy atom. The monoisotopic (exact) mass is 508 g/mol. The number of nitrogens with zero attached hydrogens (tertiary/aromatic N) is 3. The molecule has 0 bridgehead atoms. The normalized spacial score (nSPS) is 16.2. The van der Waals surface area contributed by atoms with E-state index in [4.69, 9.17) is 20.9 Å². The van der Waals surface area contributed by atoms with Gasteiger partial charge in [0, 0.05) is 17.4 Å². The minimum absolute atomic E-state index is 0.0731. The summed E-state index contributed by atoms with van der Waals surface area (Å²) in [5, 5.41) is 0.321. The van der Waals surface area contributed by atoms with Crippen molar-refractivity contribution < 1.29 is 17.9 Å². The van der Waals surface area contributed by atoms with Crippen molar-refractivity contribution in [1.29, 1.82) is 0 Å². The molecule has 3 heterocycles. The zero-order chi connectivity index (χ0) is 25.3. The topological polar surface area (TPSA) is 164 Å². The van der Waals surface area contributed by atoms with Gasteiger partial charge in [0.05, 0.1) is 43.4 Å². The van der Waals surface area contributed by atoms with Crippen LogP contribution in [0.4, 0.5) is 17.5 Å². The lowest BCUT2D eigenvalue weighted by Crippen LogP contribution is -2.36. The maximum atomic E-state index is 13.3. The standard InChI is InChI=1S/C24H24N6O5S/c25-22-21(36(32,33)29-17-4-2-1-3-5-17)11-16(12-27-22)15-6-7-20-19(10-15)23(31)30(24(26)28-20)13-18-14-34-8-9-35-18/h1-7,10-12,18,29H,8-9,13-14H2,(H2,25,27)(H2,26,28). The molecule has 0 aliphatic carbocycles. The van der Waals surface area contributed by atoms with Crippen LogP contribution in [-0.2, 0) is 26.0 Å². The van der Waals surface area contributed by atoms with E-state index in [1.54, 1.807) is 48.5 Å². The van der Waals surface area contributed by atoms with Gasteiger partial charge < -0.3 is 20.9 Å². The minimum Gasteiger partial charge on any atom is -0.383 e. The smallest absolute Gasteiger partial charge is 0.265 e. The fourth-order valence-corrected chi connectivity index (χ4v) is 5.15. The van der Waals surface area contributed by atoms with Crippen LogP contribution in [0.2, 0.25) is 0 Å². The Morgan fingerprint density at radius 2 is 1.86 bits per heavy atom. The predicted molar refractivity (Wildman–Crippen MR) is 136 cm³/mol. The molecule has 5 rings (SSSR count). The van der Waals surface area contributed by atoms with Crippen molar-refractivity contribution in [2.75, 3.05) is 36.0 Å². The summed E-state index contributed by atoms with van der Waals surface area (Å²) in [6.45, 7) is 1.51. The number of aromatic nitrogens is 3. The van der Waals surface area contributed by atoms with E-state index < -0.39 is 10.0 Å². The Balaban J connectivity index is 1.53. The Labute approximate surface area is 206 Å². The Kier molecular flexibility index (Phi) is 6.31. The van der Waals surface area contributed by atoms with Crippen LogP contribution in [0.3, 0.4) is 0 Å². The second kappa shape index (κ2) is 9.57. The van der Waals surface area contributed by atoms with E-state index in [-0.39, 0.29) is 34.9 Å². The molecule has 186 valence electrons. The number of ether oxygens (including phenoxy) is 2. The Hall–Kier alpha value is -4.00. The first-order chi connectivity index (χ1) is 17.3. The van der Waals surface area contributed by atoms with Gasteiger partial charge >= 0.3 is 0 Å². The van der Waals surface area contributed by atoms with Gasteiger partial charge in [0.15, 0.2) is 0 Å². The van der Waals surface area contributed by atoms with Gasteiger partial charge in [-0.2, -0.15) is 0 Å². The van der Waals surface area contributed by atoms with E-state index in [0.717, 1.165) is 0 Å². The molecule has 1 fully saturated rings. The molecule has 5 N–H and O–H groups in total. The average molecular weight is 509 g/mol. The van der Waals surface area contributed by atoms with Crippen LogP contribution in [0.1, 0.15) is 0 Å². The lowest BCUT2D eigenvalue weighted by atomic mass is 10.1. The van der Waals surface area contributed by atoms with E-state index in [0.29, 0.717) is 47.5 Å². The van der Waals surface area contributed by atoms with Gasteiger partial charge in [-0.3, -0.25) is 14.1 Å². The number of rotatable bonds is 6. The van der Waals surface area contributed by atoms with Crippen molar-refractivity contribution >= 4 is 38.4 Å². The van der Waals surface area contributed by atoms with Crippen LogP contribution in [0, 0.1) is 0 Å². The van der Waals surface area contributed by atoms with Gasteiger partial charge in [-0.25, -0.2) is 18.4 Å². The molecule has 0 spiro atoms. The summed E-state index contributed by atoms with van der Waals surface area (Å²) in [7, 11) is -4.01. The summed E-state index contributed by atoms with van der Waals surface area (Å²) in [4.78, 5) is 21.6. The molecule has 36 heavy (non-hydrogen) atoms. The molecule has 1 atom stereocenters. The first-order valence-corrected chi connectivity index (χ1v) is 12.6. The molecule has 2 aromatic carbocycles. The van der Waals surface area contributed by atoms with Crippen molar-refractivity contribution in [3.8, 4) is 11.1 Å². The number of benzene rings is 2. The van der Waals surface area contributed by atoms with Crippen molar-refractivity contribution in [2.24, 2.45) is 0 Å². The summed E-state index contributed by atoms with van der Waals surface area (Å²) in [6, 6.07) is 14.9. The number of pyridine rings is 1. The second-order valence-electron chi connectivity index (χ2n) is 8.26. The lowest BCUT2D eigenvalue weighted by molar-refractivity contribution is -0.0937. The van der Waals surface area contributed by atoms with Crippen LogP contribution in [-0.4, -0.2) is 48.9 Å². The average Bonchev–Trinajstić information content (AvgIpc) is 2.87. The van der Waals surface area contributed by atoms with Crippen molar-refractivity contribution in [3.05, 3.63) is 71.1 Å². The number of anilines is 3. The fraction of sp³-hybridized carbons (Fsp3) is 0.208. The van der Waals surface area contributed by atoms with Crippen LogP contribution in [0.5, 0.6) is 0 Å². The molecule has 12 heteroatoms. The molecule has 1 unspecified atom stereocenters. The minimum atomic E-state index is -4.01. The molecule has 1 aliphatic heterocycles. The maximum Gasteiger partial charge on any atom is 0.265 e. The van der Waals surface area contributed by atoms with Crippen molar-refractivity contribution in [3.63, 3.8) is 0 Å². The molecule has 0 radical (unpaired) electrons. The second-order valence-corrected chi connectivity index (χ2v) is 9.92. The molecule has 4 aromatic rings. The van der Waals surface area contributed by atoms with Crippen LogP contribution in [0.25, 0.3) is 22.0 Å². The number of nitrogens with two attached hydrogens (primary N) is 2. The number of nitrogen functional groups attached to an aromatic ring is 2. The third-order valence-electron chi connectivity index (χ3n) is 5.79. The van der Waals surface area contributed by atoms with Crippen LogP contribution >= 0.6 is 0 Å². The van der Waals surface area contributed by atoms with E-state index in [1.165, 1.54) is 16.8 Å². The largest absolute Gasteiger partial charge is 0.383 e. The van der Waals surface area contributed by atoms with Crippen LogP contribution < -0.4 is 21.7 Å². The highest BCUT2D eigenvalue weighted by molar-refractivity contribution is 7.92. The number of fused-ring (bicyclic) bond motifs is 1. The number of hydrogen-bond acceptors (Lipinski definition) is 9. The lowest BCUT2D eigenvalue weighted by Gasteiger charge is -2.24. The molecule has 0 amide bonds. The maximum absolute atomic E-state index is 13.3. The van der Waals surface area contributed by atoms with Crippen molar-refractivity contribution in [2.45, 2.75) is 17.5 Å². The number of hydrogen-bond donors (Lipinski definition) is 3. The Morgan fingerprint density at radius 1 is 1.06 bits per heavy atom. The molecule has 1 saturated heterocycles. The van der Waals surface area contributed by atoms with E-state index >= 15 is 0 Å². The van der Waals surface area contributed by atoms with Crippen LogP contribution in [0.15, 0.2) is 70.5 Å². The highest BCUT2D eigenvalue weighted by Gasteiger charge is 2.21. The Bertz CT molecular complexity index is 1580. The molecule has 1 aliphatic rings. The van der Waals surface area contributed by atoms with Gasteiger partial charge in [0.2, 0.25) is 5.95 Å². The van der Waals surface area contributed by atoms with E-state index in [1.807, 2.05) is 0 Å². The zero-order valence-electron chi connectivity index (χ0n) is 19.1. The molecule has 0 saturated carbocycles. The van der Waals surface area contributed by atoms with Gasteiger partial charge in [-0.15, -0.1) is 0 Å². The third-order valence-corrected chi connectivity index (χ3v) is 7.20. The molecular weight excluding hydrogens is 484 g/mol. The molecule has 2 aromatic heterocycles. The fourth-order valence-electron chi connectivity index (χ4n) is 3.98. The number of para-hydroxylation sites is 1. The quantitative estimate of drug-likeness (QED) is 0.352. The summed E-state index contributed by atoms with van der Waals surface area (Å²) in [5.41, 5.74) is 13.5. The van der Waals surface area contributed by atoms with E-state index in [2.05, 4.69) is 14.7 Å². The van der Waals surface area contributed by atoms with Gasteiger partial charge in [0.1, 0.15) is 10.7 Å². The zero-order valence-corrected chi connectivity index (χ0v) is 19.9. The van der Waals surface area contributed by atoms with Gasteiger partial charge in [-0.1, -0.05) is 24.3 Å². The number of nitrogens with one attached hydrogen (secondary N) is 1. The first-order valence-electron chi connectivity index (χ1n) is 11.1. The number of sulfonamides is 1. The predicted octanol–water partition coefficient (Wildman–Crippen LogP) is 1.84. The summed E-state index contributed by atoms with van der Waals surface area (Å²) >= 11 is 0. The first kappa shape index (κ1) is 23.7. The summed E-state index contributed by atoms with van der Waals surface area (Å²) < 4.78 is 40.9.